The van der Waals surface area contributed by atoms with E-state index in [2.05, 4.69) is 4.74 Å². The number of amides is 1. The molecule has 0 aliphatic rings. The lowest BCUT2D eigenvalue weighted by Crippen LogP contribution is -2.30. The van der Waals surface area contributed by atoms with Crippen LogP contribution in [0.2, 0.25) is 10.0 Å². The number of rotatable bonds is 4. The van der Waals surface area contributed by atoms with Crippen LogP contribution in [-0.2, 0) is 4.74 Å². The lowest BCUT2D eigenvalue weighted by Gasteiger charge is -2.26. The lowest BCUT2D eigenvalue weighted by atomic mass is 10.1. The van der Waals surface area contributed by atoms with Crippen LogP contribution < -0.4 is 0 Å². The van der Waals surface area contributed by atoms with Crippen LogP contribution in [-0.4, -0.2) is 30.9 Å². The number of halogens is 2. The first-order valence-corrected chi connectivity index (χ1v) is 8.01. The Morgan fingerprint density at radius 2 is 1.75 bits per heavy atom. The highest BCUT2D eigenvalue weighted by molar-refractivity contribution is 6.35. The molecule has 4 nitrogen and oxygen atoms in total. The number of carbonyl (C=O) groups excluding carboxylic acids is 2. The number of benzene rings is 2. The van der Waals surface area contributed by atoms with Crippen molar-refractivity contribution in [3.05, 3.63) is 69.2 Å². The second-order valence-corrected chi connectivity index (χ2v) is 6.17. The van der Waals surface area contributed by atoms with Crippen LogP contribution in [0.4, 0.5) is 0 Å². The van der Waals surface area contributed by atoms with E-state index in [1.165, 1.54) is 13.2 Å². The standard InChI is InChI=1S/C18H17Cl2NO3/c1-11(15-8-7-14(19)10-16(15)20)21(2)17(22)12-5-4-6-13(9-12)18(23)24-3/h4-11H,1-3H3/t11-/m1/s1. The van der Waals surface area contributed by atoms with Crippen molar-refractivity contribution in [3.63, 3.8) is 0 Å². The molecular formula is C18H17Cl2NO3. The monoisotopic (exact) mass is 365 g/mol. The third-order valence-electron chi connectivity index (χ3n) is 3.84. The Balaban J connectivity index is 2.27. The van der Waals surface area contributed by atoms with Crippen molar-refractivity contribution in [2.24, 2.45) is 0 Å². The van der Waals surface area contributed by atoms with E-state index in [1.54, 1.807) is 48.3 Å². The van der Waals surface area contributed by atoms with Gasteiger partial charge in [-0.05, 0) is 42.8 Å². The van der Waals surface area contributed by atoms with Gasteiger partial charge in [-0.3, -0.25) is 4.79 Å². The van der Waals surface area contributed by atoms with Crippen LogP contribution in [0.15, 0.2) is 42.5 Å². The van der Waals surface area contributed by atoms with Gasteiger partial charge in [0.25, 0.3) is 5.91 Å². The molecule has 0 radical (unpaired) electrons. The predicted molar refractivity (Wildman–Crippen MR) is 94.8 cm³/mol. The molecule has 2 rings (SSSR count). The van der Waals surface area contributed by atoms with Crippen LogP contribution in [0.1, 0.15) is 39.2 Å². The van der Waals surface area contributed by atoms with E-state index >= 15 is 0 Å². The number of hydrogen-bond acceptors (Lipinski definition) is 3. The molecular weight excluding hydrogens is 349 g/mol. The molecule has 0 N–H and O–H groups in total. The highest BCUT2D eigenvalue weighted by atomic mass is 35.5. The SMILES string of the molecule is COC(=O)c1cccc(C(=O)N(C)[C@H](C)c2ccc(Cl)cc2Cl)c1. The summed E-state index contributed by atoms with van der Waals surface area (Å²) in [6, 6.07) is 11.3. The van der Waals surface area contributed by atoms with Crippen molar-refractivity contribution >= 4 is 35.1 Å². The number of hydrogen-bond donors (Lipinski definition) is 0. The van der Waals surface area contributed by atoms with E-state index in [-0.39, 0.29) is 11.9 Å². The maximum absolute atomic E-state index is 12.7. The number of ether oxygens (including phenoxy) is 1. The Morgan fingerprint density at radius 3 is 2.38 bits per heavy atom. The maximum Gasteiger partial charge on any atom is 0.337 e. The Kier molecular flexibility index (Phi) is 5.86. The topological polar surface area (TPSA) is 46.6 Å². The molecule has 0 saturated heterocycles. The molecule has 0 saturated carbocycles. The second-order valence-electron chi connectivity index (χ2n) is 5.33. The molecule has 0 spiro atoms. The average Bonchev–Trinajstić information content (AvgIpc) is 2.59. The summed E-state index contributed by atoms with van der Waals surface area (Å²) in [7, 11) is 2.98. The number of carbonyl (C=O) groups is 2. The van der Waals surface area contributed by atoms with Gasteiger partial charge in [-0.2, -0.15) is 0 Å². The molecule has 0 unspecified atom stereocenters. The first-order chi connectivity index (χ1) is 11.3. The molecule has 2 aromatic carbocycles. The van der Waals surface area contributed by atoms with Crippen LogP contribution in [0.3, 0.4) is 0 Å². The highest BCUT2D eigenvalue weighted by Crippen LogP contribution is 2.29. The normalized spacial score (nSPS) is 11.7. The minimum absolute atomic E-state index is 0.223. The van der Waals surface area contributed by atoms with Crippen molar-refractivity contribution in [2.45, 2.75) is 13.0 Å². The largest absolute Gasteiger partial charge is 0.465 e. The average molecular weight is 366 g/mol. The van der Waals surface area contributed by atoms with Crippen molar-refractivity contribution in [3.8, 4) is 0 Å². The Hall–Kier alpha value is -2.04. The van der Waals surface area contributed by atoms with Crippen molar-refractivity contribution in [2.75, 3.05) is 14.2 Å². The van der Waals surface area contributed by atoms with Gasteiger partial charge in [0.15, 0.2) is 0 Å². The molecule has 1 amide bonds. The molecule has 2 aromatic rings. The summed E-state index contributed by atoms with van der Waals surface area (Å²) in [6.07, 6.45) is 0. The number of methoxy groups -OCH3 is 1. The lowest BCUT2D eigenvalue weighted by molar-refractivity contribution is 0.0600. The Bertz CT molecular complexity index is 777. The van der Waals surface area contributed by atoms with Gasteiger partial charge in [0.05, 0.1) is 18.7 Å². The molecule has 126 valence electrons. The van der Waals surface area contributed by atoms with Gasteiger partial charge in [0.2, 0.25) is 0 Å². The summed E-state index contributed by atoms with van der Waals surface area (Å²) < 4.78 is 4.68. The van der Waals surface area contributed by atoms with Gasteiger partial charge >= 0.3 is 5.97 Å². The molecule has 6 heteroatoms. The number of esters is 1. The zero-order chi connectivity index (χ0) is 17.9. The minimum Gasteiger partial charge on any atom is -0.465 e. The predicted octanol–water partition coefficient (Wildman–Crippen LogP) is 4.61. The molecule has 0 aromatic heterocycles. The number of nitrogens with zero attached hydrogens (tertiary/aromatic N) is 1. The summed E-state index contributed by atoms with van der Waals surface area (Å²) in [6.45, 7) is 1.87. The molecule has 24 heavy (non-hydrogen) atoms. The zero-order valence-electron chi connectivity index (χ0n) is 13.5. The van der Waals surface area contributed by atoms with Gasteiger partial charge in [-0.15, -0.1) is 0 Å². The molecule has 0 bridgehead atoms. The molecule has 0 aliphatic carbocycles. The van der Waals surface area contributed by atoms with Gasteiger partial charge in [-0.1, -0.05) is 35.3 Å². The smallest absolute Gasteiger partial charge is 0.337 e. The van der Waals surface area contributed by atoms with E-state index in [4.69, 9.17) is 23.2 Å². The highest BCUT2D eigenvalue weighted by Gasteiger charge is 2.21. The fourth-order valence-corrected chi connectivity index (χ4v) is 2.89. The third kappa shape index (κ3) is 3.89. The quantitative estimate of drug-likeness (QED) is 0.743. The van der Waals surface area contributed by atoms with Gasteiger partial charge < -0.3 is 9.64 Å². The fourth-order valence-electron chi connectivity index (χ4n) is 2.33. The summed E-state index contributed by atoms with van der Waals surface area (Å²) in [5.74, 6) is -0.708. The summed E-state index contributed by atoms with van der Waals surface area (Å²) in [5, 5.41) is 1.04. The Labute approximate surface area is 150 Å². The van der Waals surface area contributed by atoms with Crippen LogP contribution in [0.25, 0.3) is 0 Å². The van der Waals surface area contributed by atoms with E-state index in [1.807, 2.05) is 6.92 Å². The van der Waals surface area contributed by atoms with Crippen LogP contribution in [0, 0.1) is 0 Å². The first kappa shape index (κ1) is 18.3. The van der Waals surface area contributed by atoms with Crippen LogP contribution in [0.5, 0.6) is 0 Å². The van der Waals surface area contributed by atoms with Crippen molar-refractivity contribution < 1.29 is 14.3 Å². The summed E-state index contributed by atoms with van der Waals surface area (Å²) >= 11 is 12.1. The molecule has 0 fully saturated rings. The maximum atomic E-state index is 12.7. The zero-order valence-corrected chi connectivity index (χ0v) is 15.1. The first-order valence-electron chi connectivity index (χ1n) is 7.25. The van der Waals surface area contributed by atoms with Crippen molar-refractivity contribution in [1.82, 2.24) is 4.90 Å². The van der Waals surface area contributed by atoms with Crippen molar-refractivity contribution in [1.29, 1.82) is 0 Å². The van der Waals surface area contributed by atoms with Crippen LogP contribution >= 0.6 is 23.2 Å². The summed E-state index contributed by atoms with van der Waals surface area (Å²) in [4.78, 5) is 25.9. The van der Waals surface area contributed by atoms with Gasteiger partial charge in [-0.25, -0.2) is 4.79 Å². The van der Waals surface area contributed by atoms with E-state index in [0.717, 1.165) is 5.56 Å². The van der Waals surface area contributed by atoms with E-state index in [0.29, 0.717) is 21.2 Å². The molecule has 0 heterocycles. The van der Waals surface area contributed by atoms with E-state index in [9.17, 15) is 9.59 Å². The minimum atomic E-state index is -0.485. The molecule has 1 atom stereocenters. The third-order valence-corrected chi connectivity index (χ3v) is 4.41. The Morgan fingerprint density at radius 1 is 1.08 bits per heavy atom. The fraction of sp³-hybridized carbons (Fsp3) is 0.222. The van der Waals surface area contributed by atoms with Gasteiger partial charge in [0, 0.05) is 22.7 Å². The van der Waals surface area contributed by atoms with Gasteiger partial charge in [0.1, 0.15) is 0 Å². The van der Waals surface area contributed by atoms with E-state index < -0.39 is 5.97 Å². The molecule has 0 aliphatic heterocycles. The summed E-state index contributed by atoms with van der Waals surface area (Å²) in [5.41, 5.74) is 1.52. The second kappa shape index (κ2) is 7.69.